The lowest BCUT2D eigenvalue weighted by atomic mass is 9.80. The zero-order chi connectivity index (χ0) is 12.3. The number of carboxylic acid groups (broad SMARTS) is 1. The summed E-state index contributed by atoms with van der Waals surface area (Å²) in [6, 6.07) is -0.0220. The largest absolute Gasteiger partial charge is 0.465 e. The van der Waals surface area contributed by atoms with Crippen LogP contribution in [0.4, 0.5) is 4.79 Å². The molecule has 0 aliphatic carbocycles. The van der Waals surface area contributed by atoms with Gasteiger partial charge in [-0.15, -0.1) is 0 Å². The van der Waals surface area contributed by atoms with E-state index in [1.54, 1.807) is 6.92 Å². The highest BCUT2D eigenvalue weighted by Crippen LogP contribution is 2.30. The van der Waals surface area contributed by atoms with E-state index in [1.807, 2.05) is 13.8 Å². The Morgan fingerprint density at radius 1 is 1.31 bits per heavy atom. The number of aliphatic hydroxyl groups is 1. The SMILES string of the molecule is CC(C)C(C(C)O)C1CCCCN1C(=O)O. The number of aliphatic hydroxyl groups excluding tert-OH is 1. The van der Waals surface area contributed by atoms with Crippen molar-refractivity contribution in [2.75, 3.05) is 6.54 Å². The fourth-order valence-electron chi connectivity index (χ4n) is 2.92. The molecule has 94 valence electrons. The second-order valence-corrected chi connectivity index (χ2v) is 5.10. The van der Waals surface area contributed by atoms with Crippen LogP contribution in [0.2, 0.25) is 0 Å². The molecule has 1 aliphatic rings. The molecule has 16 heavy (non-hydrogen) atoms. The van der Waals surface area contributed by atoms with E-state index in [0.29, 0.717) is 12.5 Å². The first-order valence-electron chi connectivity index (χ1n) is 6.12. The number of hydrogen-bond acceptors (Lipinski definition) is 2. The Labute approximate surface area is 97.3 Å². The van der Waals surface area contributed by atoms with Crippen LogP contribution in [0.1, 0.15) is 40.0 Å². The molecule has 0 aromatic carbocycles. The van der Waals surface area contributed by atoms with Crippen LogP contribution < -0.4 is 0 Å². The molecule has 2 N–H and O–H groups in total. The smallest absolute Gasteiger partial charge is 0.407 e. The molecule has 0 radical (unpaired) electrons. The maximum Gasteiger partial charge on any atom is 0.407 e. The van der Waals surface area contributed by atoms with Gasteiger partial charge in [-0.3, -0.25) is 0 Å². The number of likely N-dealkylation sites (tertiary alicyclic amines) is 1. The summed E-state index contributed by atoms with van der Waals surface area (Å²) in [7, 11) is 0. The zero-order valence-corrected chi connectivity index (χ0v) is 10.4. The third-order valence-electron chi connectivity index (χ3n) is 3.57. The van der Waals surface area contributed by atoms with Crippen LogP contribution >= 0.6 is 0 Å². The van der Waals surface area contributed by atoms with E-state index in [-0.39, 0.29) is 12.0 Å². The van der Waals surface area contributed by atoms with E-state index in [0.717, 1.165) is 19.3 Å². The first-order chi connectivity index (χ1) is 7.45. The van der Waals surface area contributed by atoms with Crippen molar-refractivity contribution in [1.29, 1.82) is 0 Å². The van der Waals surface area contributed by atoms with Crippen molar-refractivity contribution in [1.82, 2.24) is 4.90 Å². The lowest BCUT2D eigenvalue weighted by Gasteiger charge is -2.41. The molecule has 0 aromatic rings. The van der Waals surface area contributed by atoms with Gasteiger partial charge in [-0.2, -0.15) is 0 Å². The average molecular weight is 229 g/mol. The van der Waals surface area contributed by atoms with Gasteiger partial charge in [-0.05, 0) is 32.1 Å². The van der Waals surface area contributed by atoms with Crippen molar-refractivity contribution in [3.8, 4) is 0 Å². The Kier molecular flexibility index (Phi) is 4.59. The third kappa shape index (κ3) is 2.88. The van der Waals surface area contributed by atoms with Gasteiger partial charge in [0.15, 0.2) is 0 Å². The lowest BCUT2D eigenvalue weighted by molar-refractivity contribution is 0.00982. The molecule has 0 aromatic heterocycles. The van der Waals surface area contributed by atoms with Crippen molar-refractivity contribution in [2.45, 2.75) is 52.2 Å². The van der Waals surface area contributed by atoms with E-state index < -0.39 is 12.2 Å². The predicted octanol–water partition coefficient (Wildman–Crippen LogP) is 2.17. The Hall–Kier alpha value is -0.770. The fraction of sp³-hybridized carbons (Fsp3) is 0.917. The maximum atomic E-state index is 11.2. The van der Waals surface area contributed by atoms with Gasteiger partial charge in [0.25, 0.3) is 0 Å². The summed E-state index contributed by atoms with van der Waals surface area (Å²) < 4.78 is 0. The Balaban J connectivity index is 2.83. The third-order valence-corrected chi connectivity index (χ3v) is 3.57. The highest BCUT2D eigenvalue weighted by atomic mass is 16.4. The lowest BCUT2D eigenvalue weighted by Crippen LogP contribution is -2.51. The van der Waals surface area contributed by atoms with Crippen molar-refractivity contribution >= 4 is 6.09 Å². The minimum absolute atomic E-state index is 0.0220. The van der Waals surface area contributed by atoms with Gasteiger partial charge in [-0.25, -0.2) is 4.79 Å². The molecule has 1 aliphatic heterocycles. The van der Waals surface area contributed by atoms with E-state index >= 15 is 0 Å². The average Bonchev–Trinajstić information content (AvgIpc) is 2.17. The summed E-state index contributed by atoms with van der Waals surface area (Å²) in [5.41, 5.74) is 0. The second kappa shape index (κ2) is 5.53. The van der Waals surface area contributed by atoms with Gasteiger partial charge in [0, 0.05) is 18.5 Å². The number of carbonyl (C=O) groups is 1. The molecule has 1 fully saturated rings. The monoisotopic (exact) mass is 229 g/mol. The highest BCUT2D eigenvalue weighted by Gasteiger charge is 2.36. The van der Waals surface area contributed by atoms with E-state index in [9.17, 15) is 9.90 Å². The fourth-order valence-corrected chi connectivity index (χ4v) is 2.92. The molecule has 3 unspecified atom stereocenters. The predicted molar refractivity (Wildman–Crippen MR) is 62.4 cm³/mol. The number of amides is 1. The molecule has 4 heteroatoms. The van der Waals surface area contributed by atoms with Gasteiger partial charge in [-0.1, -0.05) is 13.8 Å². The summed E-state index contributed by atoms with van der Waals surface area (Å²) in [5, 5.41) is 19.0. The number of rotatable bonds is 3. The van der Waals surface area contributed by atoms with Crippen LogP contribution in [0.3, 0.4) is 0 Å². The highest BCUT2D eigenvalue weighted by molar-refractivity contribution is 5.65. The Morgan fingerprint density at radius 3 is 2.38 bits per heavy atom. The van der Waals surface area contributed by atoms with Crippen LogP contribution in [0, 0.1) is 11.8 Å². The molecule has 0 saturated carbocycles. The summed E-state index contributed by atoms with van der Waals surface area (Å²) >= 11 is 0. The topological polar surface area (TPSA) is 60.8 Å². The van der Waals surface area contributed by atoms with E-state index in [1.165, 1.54) is 4.90 Å². The van der Waals surface area contributed by atoms with Gasteiger partial charge < -0.3 is 15.1 Å². The molecule has 1 amide bonds. The first kappa shape index (κ1) is 13.3. The summed E-state index contributed by atoms with van der Waals surface area (Å²) in [6.45, 7) is 6.47. The molecule has 1 saturated heterocycles. The molecular weight excluding hydrogens is 206 g/mol. The molecule has 0 spiro atoms. The molecule has 1 rings (SSSR count). The van der Waals surface area contributed by atoms with Gasteiger partial charge >= 0.3 is 6.09 Å². The summed E-state index contributed by atoms with van der Waals surface area (Å²) in [5.74, 6) is 0.335. The normalized spacial score (nSPS) is 25.6. The van der Waals surface area contributed by atoms with Gasteiger partial charge in [0.05, 0.1) is 6.10 Å². The molecule has 3 atom stereocenters. The number of piperidine rings is 1. The molecular formula is C12H23NO3. The number of nitrogens with zero attached hydrogens (tertiary/aromatic N) is 1. The van der Waals surface area contributed by atoms with Crippen LogP contribution in [-0.4, -0.2) is 39.9 Å². The zero-order valence-electron chi connectivity index (χ0n) is 10.4. The minimum Gasteiger partial charge on any atom is -0.465 e. The maximum absolute atomic E-state index is 11.2. The Bertz CT molecular complexity index is 232. The van der Waals surface area contributed by atoms with Crippen LogP contribution in [0.5, 0.6) is 0 Å². The molecule has 4 nitrogen and oxygen atoms in total. The molecule has 0 bridgehead atoms. The van der Waals surface area contributed by atoms with Crippen molar-refractivity contribution in [3.63, 3.8) is 0 Å². The van der Waals surface area contributed by atoms with Crippen LogP contribution in [0.15, 0.2) is 0 Å². The van der Waals surface area contributed by atoms with Crippen molar-refractivity contribution in [3.05, 3.63) is 0 Å². The Morgan fingerprint density at radius 2 is 1.94 bits per heavy atom. The minimum atomic E-state index is -0.851. The van der Waals surface area contributed by atoms with Crippen molar-refractivity contribution in [2.24, 2.45) is 11.8 Å². The standard InChI is InChI=1S/C12H23NO3/c1-8(2)11(9(3)14)10-6-4-5-7-13(10)12(15)16/h8-11,14H,4-7H2,1-3H3,(H,15,16). The van der Waals surface area contributed by atoms with Crippen molar-refractivity contribution < 1.29 is 15.0 Å². The summed E-state index contributed by atoms with van der Waals surface area (Å²) in [4.78, 5) is 12.7. The first-order valence-corrected chi connectivity index (χ1v) is 6.12. The molecule has 1 heterocycles. The number of hydrogen-bond donors (Lipinski definition) is 2. The van der Waals surface area contributed by atoms with Gasteiger partial charge in [0.2, 0.25) is 0 Å². The van der Waals surface area contributed by atoms with Gasteiger partial charge in [0.1, 0.15) is 0 Å². The van der Waals surface area contributed by atoms with Crippen LogP contribution in [0.25, 0.3) is 0 Å². The summed E-state index contributed by atoms with van der Waals surface area (Å²) in [6.07, 6.45) is 1.57. The van der Waals surface area contributed by atoms with E-state index in [2.05, 4.69) is 0 Å². The second-order valence-electron chi connectivity index (χ2n) is 5.10. The quantitative estimate of drug-likeness (QED) is 0.779. The van der Waals surface area contributed by atoms with Crippen LogP contribution in [-0.2, 0) is 0 Å². The van der Waals surface area contributed by atoms with E-state index in [4.69, 9.17) is 5.11 Å².